The fourth-order valence-electron chi connectivity index (χ4n) is 3.72. The first kappa shape index (κ1) is 15.6. The van der Waals surface area contributed by atoms with Crippen LogP contribution in [-0.2, 0) is 17.6 Å². The van der Waals surface area contributed by atoms with Gasteiger partial charge >= 0.3 is 0 Å². The van der Waals surface area contributed by atoms with Gasteiger partial charge in [-0.15, -0.1) is 0 Å². The minimum absolute atomic E-state index is 0.0245. The molecule has 0 unspecified atom stereocenters. The lowest BCUT2D eigenvalue weighted by atomic mass is 10.1. The van der Waals surface area contributed by atoms with Gasteiger partial charge in [0.1, 0.15) is 0 Å². The molecule has 6 heteroatoms. The summed E-state index contributed by atoms with van der Waals surface area (Å²) in [6, 6.07) is 9.79. The third kappa shape index (κ3) is 2.73. The smallest absolute Gasteiger partial charge is 0.266 e. The lowest BCUT2D eigenvalue weighted by Crippen LogP contribution is -2.29. The SMILES string of the molecule is Cc1nc2cc(=O)[nH]n2c(C)c1CC(=O)N[C@@H]1CCc2ccccc21. The molecule has 0 radical (unpaired) electrons. The van der Waals surface area contributed by atoms with E-state index < -0.39 is 0 Å². The average molecular weight is 336 g/mol. The summed E-state index contributed by atoms with van der Waals surface area (Å²) in [5, 5.41) is 5.86. The Morgan fingerprint density at radius 1 is 1.36 bits per heavy atom. The molecule has 128 valence electrons. The molecule has 0 saturated carbocycles. The Bertz CT molecular complexity index is 1030. The van der Waals surface area contributed by atoms with Crippen LogP contribution in [0.5, 0.6) is 0 Å². The van der Waals surface area contributed by atoms with E-state index in [0.29, 0.717) is 5.65 Å². The average Bonchev–Trinajstić information content (AvgIpc) is 3.15. The van der Waals surface area contributed by atoms with Gasteiger partial charge in [-0.2, -0.15) is 0 Å². The molecule has 0 spiro atoms. The van der Waals surface area contributed by atoms with Gasteiger partial charge in [0, 0.05) is 23.0 Å². The number of H-pyrrole nitrogens is 1. The number of fused-ring (bicyclic) bond motifs is 2. The number of nitrogens with zero attached hydrogens (tertiary/aromatic N) is 2. The van der Waals surface area contributed by atoms with E-state index in [4.69, 9.17) is 0 Å². The number of aromatic nitrogens is 3. The molecule has 1 aromatic carbocycles. The summed E-state index contributed by atoms with van der Waals surface area (Å²) in [4.78, 5) is 28.6. The molecule has 1 aliphatic carbocycles. The van der Waals surface area contributed by atoms with Crippen LogP contribution < -0.4 is 10.9 Å². The first-order valence-electron chi connectivity index (χ1n) is 8.48. The number of aromatic amines is 1. The Morgan fingerprint density at radius 2 is 2.16 bits per heavy atom. The maximum absolute atomic E-state index is 12.6. The van der Waals surface area contributed by atoms with Crippen LogP contribution in [0.2, 0.25) is 0 Å². The first-order chi connectivity index (χ1) is 12.0. The van der Waals surface area contributed by atoms with Gasteiger partial charge in [0.25, 0.3) is 5.56 Å². The van der Waals surface area contributed by atoms with Crippen molar-refractivity contribution in [2.45, 2.75) is 39.2 Å². The maximum Gasteiger partial charge on any atom is 0.266 e. The van der Waals surface area contributed by atoms with Gasteiger partial charge in [-0.1, -0.05) is 24.3 Å². The number of aryl methyl sites for hydroxylation is 3. The number of hydrogen-bond donors (Lipinski definition) is 2. The normalized spacial score (nSPS) is 16.2. The van der Waals surface area contributed by atoms with Gasteiger partial charge in [-0.25, -0.2) is 9.50 Å². The Morgan fingerprint density at radius 3 is 3.00 bits per heavy atom. The zero-order chi connectivity index (χ0) is 17.6. The predicted octanol–water partition coefficient (Wildman–Crippen LogP) is 1.99. The highest BCUT2D eigenvalue weighted by molar-refractivity contribution is 5.79. The fraction of sp³-hybridized carbons (Fsp3) is 0.316. The van der Waals surface area contributed by atoms with Crippen LogP contribution in [0.25, 0.3) is 5.65 Å². The van der Waals surface area contributed by atoms with E-state index in [1.165, 1.54) is 17.2 Å². The molecule has 25 heavy (non-hydrogen) atoms. The number of benzene rings is 1. The molecular formula is C19H20N4O2. The molecule has 6 nitrogen and oxygen atoms in total. The number of carbonyl (C=O) groups excluding carboxylic acids is 1. The highest BCUT2D eigenvalue weighted by Gasteiger charge is 2.24. The summed E-state index contributed by atoms with van der Waals surface area (Å²) >= 11 is 0. The molecule has 2 heterocycles. The molecule has 1 atom stereocenters. The van der Waals surface area contributed by atoms with Crippen molar-refractivity contribution in [2.75, 3.05) is 0 Å². The molecule has 1 aliphatic rings. The van der Waals surface area contributed by atoms with Crippen molar-refractivity contribution in [3.8, 4) is 0 Å². The lowest BCUT2D eigenvalue weighted by molar-refractivity contribution is -0.121. The van der Waals surface area contributed by atoms with Crippen LogP contribution in [-0.4, -0.2) is 20.5 Å². The first-order valence-corrected chi connectivity index (χ1v) is 8.48. The third-order valence-corrected chi connectivity index (χ3v) is 5.01. The Hall–Kier alpha value is -2.89. The number of rotatable bonds is 3. The molecule has 2 aromatic heterocycles. The number of nitrogens with one attached hydrogen (secondary N) is 2. The molecule has 2 N–H and O–H groups in total. The third-order valence-electron chi connectivity index (χ3n) is 5.01. The fourth-order valence-corrected chi connectivity index (χ4v) is 3.72. The largest absolute Gasteiger partial charge is 0.349 e. The van der Waals surface area contributed by atoms with Crippen molar-refractivity contribution in [1.82, 2.24) is 19.9 Å². The second-order valence-corrected chi connectivity index (χ2v) is 6.61. The predicted molar refractivity (Wildman–Crippen MR) is 94.6 cm³/mol. The zero-order valence-corrected chi connectivity index (χ0v) is 14.3. The van der Waals surface area contributed by atoms with E-state index in [1.54, 1.807) is 4.52 Å². The van der Waals surface area contributed by atoms with Crippen LogP contribution in [0.3, 0.4) is 0 Å². The van der Waals surface area contributed by atoms with Crippen molar-refractivity contribution in [2.24, 2.45) is 0 Å². The molecular weight excluding hydrogens is 316 g/mol. The maximum atomic E-state index is 12.6. The van der Waals surface area contributed by atoms with Crippen LogP contribution in [0, 0.1) is 13.8 Å². The molecule has 0 fully saturated rings. The Balaban J connectivity index is 1.57. The van der Waals surface area contributed by atoms with Gasteiger partial charge in [0.05, 0.1) is 12.5 Å². The van der Waals surface area contributed by atoms with E-state index in [1.807, 2.05) is 26.0 Å². The van der Waals surface area contributed by atoms with Crippen LogP contribution in [0.1, 0.15) is 40.5 Å². The van der Waals surface area contributed by atoms with E-state index in [2.05, 4.69) is 27.5 Å². The van der Waals surface area contributed by atoms with Crippen molar-refractivity contribution in [1.29, 1.82) is 0 Å². The van der Waals surface area contributed by atoms with Gasteiger partial charge < -0.3 is 5.32 Å². The van der Waals surface area contributed by atoms with Crippen LogP contribution >= 0.6 is 0 Å². The minimum atomic E-state index is -0.195. The van der Waals surface area contributed by atoms with Gasteiger partial charge in [0.15, 0.2) is 5.65 Å². The van der Waals surface area contributed by atoms with Crippen molar-refractivity contribution < 1.29 is 4.79 Å². The van der Waals surface area contributed by atoms with Gasteiger partial charge in [0.2, 0.25) is 5.91 Å². The van der Waals surface area contributed by atoms with Crippen LogP contribution in [0.15, 0.2) is 35.1 Å². The molecule has 0 bridgehead atoms. The topological polar surface area (TPSA) is 79.3 Å². The Labute approximate surface area is 144 Å². The van der Waals surface area contributed by atoms with Crippen molar-refractivity contribution >= 4 is 11.6 Å². The van der Waals surface area contributed by atoms with Crippen LogP contribution in [0.4, 0.5) is 0 Å². The monoisotopic (exact) mass is 336 g/mol. The highest BCUT2D eigenvalue weighted by Crippen LogP contribution is 2.30. The molecule has 0 aliphatic heterocycles. The minimum Gasteiger partial charge on any atom is -0.349 e. The van der Waals surface area contributed by atoms with Crippen molar-refractivity contribution in [3.63, 3.8) is 0 Å². The van der Waals surface area contributed by atoms with E-state index in [-0.39, 0.29) is 23.9 Å². The molecule has 3 aromatic rings. The summed E-state index contributed by atoms with van der Waals surface area (Å²) in [6.07, 6.45) is 2.18. The molecule has 1 amide bonds. The molecule has 0 saturated heterocycles. The second kappa shape index (κ2) is 5.88. The Kier molecular flexibility index (Phi) is 3.67. The second-order valence-electron chi connectivity index (χ2n) is 6.61. The number of hydrogen-bond acceptors (Lipinski definition) is 3. The number of amides is 1. The van der Waals surface area contributed by atoms with Gasteiger partial charge in [-0.05, 0) is 37.8 Å². The number of carbonyl (C=O) groups is 1. The summed E-state index contributed by atoms with van der Waals surface area (Å²) < 4.78 is 1.64. The highest BCUT2D eigenvalue weighted by atomic mass is 16.1. The zero-order valence-electron chi connectivity index (χ0n) is 14.3. The quantitative estimate of drug-likeness (QED) is 0.768. The molecule has 4 rings (SSSR count). The summed E-state index contributed by atoms with van der Waals surface area (Å²) in [5.41, 5.74) is 5.38. The summed E-state index contributed by atoms with van der Waals surface area (Å²) in [5.74, 6) is -0.0245. The van der Waals surface area contributed by atoms with Gasteiger partial charge in [-0.3, -0.25) is 14.7 Å². The summed E-state index contributed by atoms with van der Waals surface area (Å²) in [6.45, 7) is 3.77. The van der Waals surface area contributed by atoms with E-state index in [9.17, 15) is 9.59 Å². The lowest BCUT2D eigenvalue weighted by Gasteiger charge is -2.16. The van der Waals surface area contributed by atoms with Crippen molar-refractivity contribution in [3.05, 3.63) is 68.8 Å². The standard InChI is InChI=1S/C19H20N4O2/c1-11-15(12(2)23-17(20-11)10-19(25)22-23)9-18(24)21-16-8-7-13-5-3-4-6-14(13)16/h3-6,10,16H,7-9H2,1-2H3,(H,21,24)(H,22,25)/t16-/m1/s1. The van der Waals surface area contributed by atoms with E-state index in [0.717, 1.165) is 29.8 Å². The summed E-state index contributed by atoms with van der Waals surface area (Å²) in [7, 11) is 0. The van der Waals surface area contributed by atoms with E-state index >= 15 is 0 Å².